The van der Waals surface area contributed by atoms with Crippen LogP contribution in [-0.2, 0) is 10.1 Å². The lowest BCUT2D eigenvalue weighted by Gasteiger charge is -2.06. The van der Waals surface area contributed by atoms with E-state index in [-0.39, 0.29) is 50.5 Å². The Morgan fingerprint density at radius 3 is 1.56 bits per heavy atom. The summed E-state index contributed by atoms with van der Waals surface area (Å²) in [6.45, 7) is 3.47. The molecule has 0 aromatic heterocycles. The van der Waals surface area contributed by atoms with Crippen LogP contribution >= 0.6 is 0 Å². The third-order valence-corrected chi connectivity index (χ3v) is 8.14. The molecule has 0 aliphatic heterocycles. The molecule has 0 saturated carbocycles. The molecular formula is C34H26N6O9S. The van der Waals surface area contributed by atoms with E-state index < -0.39 is 20.0 Å². The van der Waals surface area contributed by atoms with Crippen LogP contribution in [0.2, 0.25) is 0 Å². The maximum absolute atomic E-state index is 11.3. The monoisotopic (exact) mass is 694 g/mol. The van der Waals surface area contributed by atoms with E-state index in [4.69, 9.17) is 4.55 Å². The first kappa shape index (κ1) is 34.7. The summed E-state index contributed by atoms with van der Waals surface area (Å²) in [5.41, 5.74) is 1.57. The second-order valence-electron chi connectivity index (χ2n) is 10.8. The van der Waals surface area contributed by atoms with Crippen LogP contribution in [0.4, 0.5) is 34.1 Å². The summed E-state index contributed by atoms with van der Waals surface area (Å²) in [6, 6.07) is 26.3. The van der Waals surface area contributed by atoms with Crippen molar-refractivity contribution in [2.75, 3.05) is 0 Å². The number of azo groups is 2. The zero-order valence-corrected chi connectivity index (χ0v) is 27.0. The summed E-state index contributed by atoms with van der Waals surface area (Å²) in [4.78, 5) is 20.9. The molecule has 0 saturated heterocycles. The first-order valence-corrected chi connectivity index (χ1v) is 15.9. The molecule has 252 valence electrons. The fourth-order valence-corrected chi connectivity index (χ4v) is 5.35. The minimum atomic E-state index is -4.38. The van der Waals surface area contributed by atoms with Crippen LogP contribution < -0.4 is 0 Å². The Bertz CT molecular complexity index is 2480. The molecule has 6 rings (SSSR count). The minimum Gasteiger partial charge on any atom is -0.506 e. The van der Waals surface area contributed by atoms with Crippen molar-refractivity contribution >= 4 is 65.8 Å². The number of aryl methyl sites for hydroxylation is 2. The predicted octanol–water partition coefficient (Wildman–Crippen LogP) is 9.60. The Morgan fingerprint density at radius 1 is 0.580 bits per heavy atom. The number of benzene rings is 6. The molecule has 0 atom stereocenters. The number of nitro groups is 2. The molecule has 6 aromatic carbocycles. The van der Waals surface area contributed by atoms with Crippen LogP contribution in [-0.4, -0.2) is 33.0 Å². The molecule has 50 heavy (non-hydrogen) atoms. The molecule has 0 bridgehead atoms. The number of fused-ring (bicyclic) bond motifs is 2. The first-order valence-electron chi connectivity index (χ1n) is 14.5. The normalized spacial score (nSPS) is 11.6. The highest BCUT2D eigenvalue weighted by Gasteiger charge is 2.17. The van der Waals surface area contributed by atoms with Gasteiger partial charge in [0.05, 0.1) is 14.7 Å². The number of hydrogen-bond donors (Lipinski definition) is 3. The van der Waals surface area contributed by atoms with Crippen LogP contribution in [0, 0.1) is 34.1 Å². The summed E-state index contributed by atoms with van der Waals surface area (Å²) >= 11 is 0. The van der Waals surface area contributed by atoms with Crippen LogP contribution in [0.25, 0.3) is 21.5 Å². The quantitative estimate of drug-likeness (QED) is 0.0623. The number of hydrogen-bond acceptors (Lipinski definition) is 12. The summed E-state index contributed by atoms with van der Waals surface area (Å²) in [6.07, 6.45) is 0. The van der Waals surface area contributed by atoms with Gasteiger partial charge in [-0.1, -0.05) is 54.6 Å². The van der Waals surface area contributed by atoms with E-state index in [9.17, 15) is 38.9 Å². The Kier molecular flexibility index (Phi) is 9.87. The van der Waals surface area contributed by atoms with Crippen molar-refractivity contribution in [1.29, 1.82) is 0 Å². The van der Waals surface area contributed by atoms with E-state index in [2.05, 4.69) is 20.5 Å². The number of phenolic OH excluding ortho intramolecular Hbond substituents is 2. The number of rotatable bonds is 7. The van der Waals surface area contributed by atoms with Crippen molar-refractivity contribution in [3.63, 3.8) is 0 Å². The molecular weight excluding hydrogens is 668 g/mol. The van der Waals surface area contributed by atoms with E-state index >= 15 is 0 Å². The molecule has 16 heteroatoms. The second kappa shape index (κ2) is 14.2. The van der Waals surface area contributed by atoms with Gasteiger partial charge >= 0.3 is 0 Å². The van der Waals surface area contributed by atoms with Gasteiger partial charge in [-0.05, 0) is 72.1 Å². The Labute approximate surface area is 283 Å². The van der Waals surface area contributed by atoms with Gasteiger partial charge in [0.2, 0.25) is 0 Å². The third-order valence-electron chi connectivity index (χ3n) is 7.29. The molecule has 15 nitrogen and oxygen atoms in total. The molecule has 0 aliphatic rings. The van der Waals surface area contributed by atoms with E-state index in [1.807, 2.05) is 24.3 Å². The van der Waals surface area contributed by atoms with Gasteiger partial charge in [-0.15, -0.1) is 20.5 Å². The van der Waals surface area contributed by atoms with Crippen molar-refractivity contribution in [2.24, 2.45) is 20.5 Å². The Balaban J connectivity index is 0.000000197. The summed E-state index contributed by atoms with van der Waals surface area (Å²) in [5.74, 6) is -0.261. The second-order valence-corrected chi connectivity index (χ2v) is 12.3. The molecule has 0 amide bonds. The first-order chi connectivity index (χ1) is 23.7. The van der Waals surface area contributed by atoms with E-state index in [1.165, 1.54) is 48.5 Å². The highest BCUT2D eigenvalue weighted by molar-refractivity contribution is 7.85. The van der Waals surface area contributed by atoms with Crippen molar-refractivity contribution in [3.8, 4) is 11.5 Å². The van der Waals surface area contributed by atoms with Crippen LogP contribution in [0.5, 0.6) is 11.5 Å². The van der Waals surface area contributed by atoms with Gasteiger partial charge in [0.15, 0.2) is 11.4 Å². The highest BCUT2D eigenvalue weighted by atomic mass is 32.2. The largest absolute Gasteiger partial charge is 0.506 e. The van der Waals surface area contributed by atoms with Gasteiger partial charge in [0, 0.05) is 22.9 Å². The topological polar surface area (TPSA) is 231 Å². The maximum atomic E-state index is 11.3. The van der Waals surface area contributed by atoms with Crippen molar-refractivity contribution in [1.82, 2.24) is 0 Å². The van der Waals surface area contributed by atoms with Crippen LogP contribution in [0.3, 0.4) is 0 Å². The molecule has 0 heterocycles. The summed E-state index contributed by atoms with van der Waals surface area (Å²) in [5, 5.41) is 60.6. The number of aromatic hydroxyl groups is 2. The van der Waals surface area contributed by atoms with Gasteiger partial charge in [-0.25, -0.2) is 0 Å². The lowest BCUT2D eigenvalue weighted by molar-refractivity contribution is -0.384. The fraction of sp³-hybridized carbons (Fsp3) is 0.0588. The van der Waals surface area contributed by atoms with E-state index in [0.29, 0.717) is 16.3 Å². The van der Waals surface area contributed by atoms with Crippen molar-refractivity contribution in [3.05, 3.63) is 134 Å². The van der Waals surface area contributed by atoms with E-state index in [1.54, 1.807) is 38.1 Å². The zero-order chi connectivity index (χ0) is 36.2. The Hall–Kier alpha value is -6.65. The third kappa shape index (κ3) is 7.73. The molecule has 3 N–H and O–H groups in total. The maximum Gasteiger partial charge on any atom is 0.296 e. The average molecular weight is 695 g/mol. The SMILES string of the molecule is Cc1ccc(N=Nc2c(O)ccc3cc(S(=O)(=O)O)ccc23)c([N+](=O)[O-])c1.Cc1ccc(N=Nc2c(O)ccc3ccccc23)c([N+](=O)[O-])c1. The fourth-order valence-electron chi connectivity index (χ4n) is 4.83. The zero-order valence-electron chi connectivity index (χ0n) is 26.2. The number of phenols is 2. The van der Waals surface area contributed by atoms with Gasteiger partial charge < -0.3 is 10.2 Å². The Morgan fingerprint density at radius 2 is 1.06 bits per heavy atom. The number of nitro benzene ring substituents is 2. The molecule has 0 aliphatic carbocycles. The summed E-state index contributed by atoms with van der Waals surface area (Å²) < 4.78 is 31.7. The predicted molar refractivity (Wildman–Crippen MR) is 185 cm³/mol. The highest BCUT2D eigenvalue weighted by Crippen LogP contribution is 2.39. The number of nitrogens with zero attached hydrogens (tertiary/aromatic N) is 6. The van der Waals surface area contributed by atoms with Gasteiger partial charge in [0.1, 0.15) is 22.9 Å². The van der Waals surface area contributed by atoms with Gasteiger partial charge in [-0.2, -0.15) is 8.42 Å². The molecule has 6 aromatic rings. The molecule has 0 spiro atoms. The standard InChI is InChI=1S/C17H13N3O6S.C17H13N3O3/c1-10-2-6-14(15(8-10)20(22)23)18-19-17-13-5-4-12(27(24,25)26)9-11(13)3-7-16(17)21;1-11-6-8-14(15(10-11)20(22)23)18-19-17-13-5-3-2-4-12(13)7-9-16(17)21/h2-9,21H,1H3,(H,24,25,26);2-10,21H,1H3. The van der Waals surface area contributed by atoms with Crippen molar-refractivity contribution < 1.29 is 33.0 Å². The average Bonchev–Trinajstić information content (AvgIpc) is 3.08. The van der Waals surface area contributed by atoms with Crippen LogP contribution in [0.15, 0.2) is 128 Å². The van der Waals surface area contributed by atoms with Gasteiger partial charge in [0.25, 0.3) is 21.5 Å². The molecule has 0 fully saturated rings. The minimum absolute atomic E-state index is 0.0107. The van der Waals surface area contributed by atoms with Gasteiger partial charge in [-0.3, -0.25) is 24.8 Å². The molecule has 0 unspecified atom stereocenters. The van der Waals surface area contributed by atoms with Crippen molar-refractivity contribution in [2.45, 2.75) is 18.7 Å². The lowest BCUT2D eigenvalue weighted by Crippen LogP contribution is -1.97. The smallest absolute Gasteiger partial charge is 0.296 e. The van der Waals surface area contributed by atoms with E-state index in [0.717, 1.165) is 22.4 Å². The molecule has 0 radical (unpaired) electrons. The summed E-state index contributed by atoms with van der Waals surface area (Å²) in [7, 11) is -4.38. The lowest BCUT2D eigenvalue weighted by atomic mass is 10.1. The van der Waals surface area contributed by atoms with Crippen LogP contribution in [0.1, 0.15) is 11.1 Å².